The number of aliphatic hydroxyl groups excluding tert-OH is 1. The van der Waals surface area contributed by atoms with Crippen molar-refractivity contribution >= 4 is 19.2 Å². The van der Waals surface area contributed by atoms with E-state index in [1.165, 1.54) is 87.8 Å². The molecule has 0 aliphatic carbocycles. The summed E-state index contributed by atoms with van der Waals surface area (Å²) in [4.78, 5) is 18.6. The average molecular weight is 733 g/mol. The number of nitrogens with zero attached hydrogens (tertiary/aromatic N) is 5. The standard InChI is InChI=1S/C35H53N6O9P/c1-3-4-5-6-7-8-9-10-11-12-13-14-19-46-22-28(50-31-18-15-27(20-36)21-38-31)23-48-51(44,45)49-24-34(2)33(42)35(43,25-47-34)30-17-16-29-32(37)39-26-40-41(29)30/h15-18,21,26,28,33,42-43H,3-14,19,22-25H2,1-2H3,(H,44,45)(H2,37,39,40)/t28-,33-,34-,35+/m1/s1. The molecule has 51 heavy (non-hydrogen) atoms. The van der Waals surface area contributed by atoms with Gasteiger partial charge in [0.05, 0.1) is 37.7 Å². The third kappa shape index (κ3) is 11.7. The lowest BCUT2D eigenvalue weighted by molar-refractivity contribution is -0.1000. The molecule has 0 radical (unpaired) electrons. The first-order chi connectivity index (χ1) is 24.5. The number of aliphatic hydroxyl groups is 2. The molecule has 282 valence electrons. The van der Waals surface area contributed by atoms with Crippen LogP contribution in [0.4, 0.5) is 5.82 Å². The van der Waals surface area contributed by atoms with E-state index in [2.05, 4.69) is 22.0 Å². The normalized spacial score (nSPS) is 22.2. The molecular weight excluding hydrogens is 679 g/mol. The highest BCUT2D eigenvalue weighted by molar-refractivity contribution is 7.47. The molecule has 4 heterocycles. The van der Waals surface area contributed by atoms with Crippen LogP contribution in [0.2, 0.25) is 0 Å². The number of unbranched alkanes of at least 4 members (excludes halogenated alkanes) is 11. The number of phosphoric acid groups is 1. The summed E-state index contributed by atoms with van der Waals surface area (Å²) in [5.74, 6) is 0.370. The topological polar surface area (TPSA) is 217 Å². The second-order valence-corrected chi connectivity index (χ2v) is 14.8. The molecule has 1 aliphatic heterocycles. The summed E-state index contributed by atoms with van der Waals surface area (Å²) in [6, 6.07) is 8.20. The largest absolute Gasteiger partial charge is 0.472 e. The second kappa shape index (κ2) is 19.6. The number of hydrogen-bond donors (Lipinski definition) is 4. The maximum Gasteiger partial charge on any atom is 0.472 e. The van der Waals surface area contributed by atoms with Crippen molar-refractivity contribution in [3.8, 4) is 11.9 Å². The van der Waals surface area contributed by atoms with Gasteiger partial charge in [0.1, 0.15) is 35.7 Å². The lowest BCUT2D eigenvalue weighted by Crippen LogP contribution is -2.49. The second-order valence-electron chi connectivity index (χ2n) is 13.3. The van der Waals surface area contributed by atoms with Gasteiger partial charge in [-0.05, 0) is 31.5 Å². The summed E-state index contributed by atoms with van der Waals surface area (Å²) in [7, 11) is -4.72. The van der Waals surface area contributed by atoms with Gasteiger partial charge in [-0.25, -0.2) is 19.0 Å². The van der Waals surface area contributed by atoms with Gasteiger partial charge >= 0.3 is 7.82 Å². The minimum atomic E-state index is -4.72. The SMILES string of the molecule is CCCCCCCCCCCCCCOC[C@H](COP(=O)(O)OC[C@@]1(C)OC[C@](O)(c2ccc3c(N)ncnn23)[C@@H]1O)Oc1ccc(C#N)cn1. The number of pyridine rings is 1. The maximum absolute atomic E-state index is 13.0. The van der Waals surface area contributed by atoms with E-state index in [1.807, 2.05) is 6.07 Å². The van der Waals surface area contributed by atoms with Gasteiger partial charge in [-0.15, -0.1) is 0 Å². The molecule has 3 aromatic rings. The summed E-state index contributed by atoms with van der Waals surface area (Å²) in [5.41, 5.74) is 3.35. The third-order valence-electron chi connectivity index (χ3n) is 9.11. The molecule has 0 amide bonds. The summed E-state index contributed by atoms with van der Waals surface area (Å²) < 4.78 is 42.3. The van der Waals surface area contributed by atoms with Crippen molar-refractivity contribution in [3.63, 3.8) is 0 Å². The van der Waals surface area contributed by atoms with Crippen LogP contribution in [-0.2, 0) is 28.7 Å². The molecule has 16 heteroatoms. The monoisotopic (exact) mass is 732 g/mol. The Labute approximate surface area is 299 Å². The fraction of sp³-hybridized carbons (Fsp3) is 0.657. The van der Waals surface area contributed by atoms with Gasteiger partial charge < -0.3 is 35.1 Å². The van der Waals surface area contributed by atoms with Gasteiger partial charge in [-0.1, -0.05) is 77.6 Å². The van der Waals surface area contributed by atoms with E-state index in [0.29, 0.717) is 17.7 Å². The summed E-state index contributed by atoms with van der Waals surface area (Å²) in [6.07, 6.45) is 14.9. The molecule has 3 aromatic heterocycles. The van der Waals surface area contributed by atoms with Crippen LogP contribution in [-0.4, -0.2) is 85.5 Å². The smallest absolute Gasteiger partial charge is 0.469 e. The van der Waals surface area contributed by atoms with Crippen molar-refractivity contribution in [3.05, 3.63) is 48.0 Å². The van der Waals surface area contributed by atoms with E-state index < -0.39 is 44.4 Å². The van der Waals surface area contributed by atoms with Crippen molar-refractivity contribution in [1.82, 2.24) is 19.6 Å². The first-order valence-corrected chi connectivity index (χ1v) is 19.4. The molecular formula is C35H53N6O9P. The Morgan fingerprint density at radius 1 is 1.04 bits per heavy atom. The molecule has 0 spiro atoms. The quantitative estimate of drug-likeness (QED) is 0.0687. The molecule has 0 aromatic carbocycles. The lowest BCUT2D eigenvalue weighted by atomic mass is 9.86. The Kier molecular flexibility index (Phi) is 15.6. The van der Waals surface area contributed by atoms with Crippen LogP contribution in [0.5, 0.6) is 5.88 Å². The Morgan fingerprint density at radius 2 is 1.73 bits per heavy atom. The number of ether oxygens (including phenoxy) is 3. The summed E-state index contributed by atoms with van der Waals surface area (Å²) in [6.45, 7) is 2.87. The molecule has 15 nitrogen and oxygen atoms in total. The number of anilines is 1. The molecule has 1 unspecified atom stereocenters. The fourth-order valence-electron chi connectivity index (χ4n) is 6.04. The minimum absolute atomic E-state index is 0.0472. The van der Waals surface area contributed by atoms with Crippen LogP contribution in [0, 0.1) is 11.3 Å². The number of aromatic nitrogens is 4. The number of phosphoric ester groups is 1. The minimum Gasteiger partial charge on any atom is -0.469 e. The highest BCUT2D eigenvalue weighted by Gasteiger charge is 2.58. The van der Waals surface area contributed by atoms with Gasteiger partial charge in [0.25, 0.3) is 0 Å². The molecule has 1 saturated heterocycles. The van der Waals surface area contributed by atoms with Crippen molar-refractivity contribution in [2.45, 2.75) is 114 Å². The van der Waals surface area contributed by atoms with E-state index >= 15 is 0 Å². The summed E-state index contributed by atoms with van der Waals surface area (Å²) >= 11 is 0. The zero-order valence-electron chi connectivity index (χ0n) is 29.7. The van der Waals surface area contributed by atoms with Crippen LogP contribution in [0.25, 0.3) is 5.52 Å². The first kappa shape index (κ1) is 40.6. The zero-order valence-corrected chi connectivity index (χ0v) is 30.6. The van der Waals surface area contributed by atoms with E-state index in [4.69, 9.17) is 34.3 Å². The number of rotatable bonds is 24. The van der Waals surface area contributed by atoms with E-state index in [9.17, 15) is 19.7 Å². The third-order valence-corrected chi connectivity index (χ3v) is 10.0. The lowest BCUT2D eigenvalue weighted by Gasteiger charge is -2.32. The number of fused-ring (bicyclic) bond motifs is 1. The Hall–Kier alpha value is -3.19. The van der Waals surface area contributed by atoms with Gasteiger partial charge in [0, 0.05) is 18.9 Å². The fourth-order valence-corrected chi connectivity index (χ4v) is 6.89. The maximum atomic E-state index is 13.0. The van der Waals surface area contributed by atoms with Crippen molar-refractivity contribution in [2.75, 3.05) is 38.8 Å². The molecule has 0 saturated carbocycles. The number of nitriles is 1. The zero-order chi connectivity index (χ0) is 36.7. The van der Waals surface area contributed by atoms with Crippen LogP contribution in [0.3, 0.4) is 0 Å². The highest BCUT2D eigenvalue weighted by Crippen LogP contribution is 2.47. The summed E-state index contributed by atoms with van der Waals surface area (Å²) in [5, 5.41) is 35.9. The molecule has 5 atom stereocenters. The van der Waals surface area contributed by atoms with E-state index in [-0.39, 0.29) is 30.6 Å². The van der Waals surface area contributed by atoms with Crippen LogP contribution >= 0.6 is 7.82 Å². The average Bonchev–Trinajstić information content (AvgIpc) is 3.67. The van der Waals surface area contributed by atoms with Gasteiger partial charge in [0.2, 0.25) is 5.88 Å². The Balaban J connectivity index is 1.23. The Morgan fingerprint density at radius 3 is 2.37 bits per heavy atom. The number of nitrogens with two attached hydrogens (primary N) is 1. The molecule has 1 fully saturated rings. The molecule has 5 N–H and O–H groups in total. The first-order valence-electron chi connectivity index (χ1n) is 17.9. The van der Waals surface area contributed by atoms with Crippen LogP contribution in [0.1, 0.15) is 102 Å². The van der Waals surface area contributed by atoms with Gasteiger partial charge in [0.15, 0.2) is 11.4 Å². The number of hydrogen-bond acceptors (Lipinski definition) is 13. The Bertz CT molecular complexity index is 1590. The van der Waals surface area contributed by atoms with Gasteiger partial charge in [-0.2, -0.15) is 10.4 Å². The van der Waals surface area contributed by atoms with Crippen molar-refractivity contribution in [2.24, 2.45) is 0 Å². The molecule has 0 bridgehead atoms. The van der Waals surface area contributed by atoms with Crippen LogP contribution < -0.4 is 10.5 Å². The highest BCUT2D eigenvalue weighted by atomic mass is 31.2. The molecule has 1 aliphatic rings. The molecule has 4 rings (SSSR count). The van der Waals surface area contributed by atoms with Crippen molar-refractivity contribution in [1.29, 1.82) is 5.26 Å². The predicted molar refractivity (Wildman–Crippen MR) is 189 cm³/mol. The van der Waals surface area contributed by atoms with Crippen LogP contribution in [0.15, 0.2) is 36.8 Å². The number of nitrogen functional groups attached to an aromatic ring is 1. The van der Waals surface area contributed by atoms with E-state index in [1.54, 1.807) is 18.2 Å². The van der Waals surface area contributed by atoms with Gasteiger partial charge in [-0.3, -0.25) is 9.05 Å². The van der Waals surface area contributed by atoms with Crippen molar-refractivity contribution < 1.29 is 42.9 Å². The van der Waals surface area contributed by atoms with E-state index in [0.717, 1.165) is 19.3 Å². The predicted octanol–water partition coefficient (Wildman–Crippen LogP) is 5.21.